The summed E-state index contributed by atoms with van der Waals surface area (Å²) in [4.78, 5) is 0. The molecular weight excluding hydrogens is 292 g/mol. The van der Waals surface area contributed by atoms with Crippen molar-refractivity contribution >= 4 is 11.6 Å². The average molecular weight is 308 g/mol. The molecule has 1 N–H and O–H groups in total. The fraction of sp³-hybridized carbons (Fsp3) is 0.294. The largest absolute Gasteiger partial charge is 0.316 e. The Morgan fingerprint density at radius 3 is 2.43 bits per heavy atom. The highest BCUT2D eigenvalue weighted by Gasteiger charge is 2.31. The molecule has 1 saturated heterocycles. The van der Waals surface area contributed by atoms with Crippen LogP contribution in [0.5, 0.6) is 0 Å². The van der Waals surface area contributed by atoms with Gasteiger partial charge in [0.15, 0.2) is 0 Å². The van der Waals surface area contributed by atoms with Crippen LogP contribution in [0, 0.1) is 11.6 Å². The molecule has 110 valence electrons. The summed E-state index contributed by atoms with van der Waals surface area (Å²) in [5, 5.41) is 3.95. The predicted molar refractivity (Wildman–Crippen MR) is 80.8 cm³/mol. The second-order valence-corrected chi connectivity index (χ2v) is 5.83. The Morgan fingerprint density at radius 1 is 1.00 bits per heavy atom. The molecule has 2 aromatic carbocycles. The Balaban J connectivity index is 2.02. The number of rotatable bonds is 2. The minimum atomic E-state index is -0.464. The first kappa shape index (κ1) is 14.5. The third kappa shape index (κ3) is 2.94. The first-order chi connectivity index (χ1) is 10.2. The number of hydrogen-bond donors (Lipinski definition) is 1. The standard InChI is InChI=1S/C17H16ClF2N/c18-12-4-1-3-11(9-12)14-10-21-8-7-13(14)17-15(19)5-2-6-16(17)20/h1-6,9,13-14,21H,7-8,10H2. The Kier molecular flexibility index (Phi) is 4.22. The molecule has 0 aliphatic carbocycles. The molecule has 2 aromatic rings. The van der Waals surface area contributed by atoms with Crippen molar-refractivity contribution in [3.63, 3.8) is 0 Å². The molecule has 0 radical (unpaired) electrons. The summed E-state index contributed by atoms with van der Waals surface area (Å²) in [7, 11) is 0. The van der Waals surface area contributed by atoms with E-state index in [0.29, 0.717) is 18.0 Å². The third-order valence-corrected chi connectivity index (χ3v) is 4.36. The zero-order chi connectivity index (χ0) is 14.8. The summed E-state index contributed by atoms with van der Waals surface area (Å²) in [5.74, 6) is -1.09. The maximum atomic E-state index is 14.1. The second kappa shape index (κ2) is 6.12. The number of benzene rings is 2. The molecule has 21 heavy (non-hydrogen) atoms. The third-order valence-electron chi connectivity index (χ3n) is 4.13. The normalized spacial score (nSPS) is 22.2. The maximum absolute atomic E-state index is 14.1. The van der Waals surface area contributed by atoms with Gasteiger partial charge in [0.2, 0.25) is 0 Å². The molecule has 2 unspecified atom stereocenters. The molecule has 1 fully saturated rings. The molecule has 1 heterocycles. The molecular formula is C17H16ClF2N. The molecule has 0 spiro atoms. The van der Waals surface area contributed by atoms with Gasteiger partial charge >= 0.3 is 0 Å². The van der Waals surface area contributed by atoms with Crippen LogP contribution in [0.2, 0.25) is 5.02 Å². The second-order valence-electron chi connectivity index (χ2n) is 5.40. The number of piperidine rings is 1. The van der Waals surface area contributed by atoms with E-state index in [4.69, 9.17) is 11.6 Å². The van der Waals surface area contributed by atoms with Crippen molar-refractivity contribution in [3.8, 4) is 0 Å². The first-order valence-corrected chi connectivity index (χ1v) is 7.44. The van der Waals surface area contributed by atoms with Gasteiger partial charge in [-0.15, -0.1) is 0 Å². The number of nitrogens with one attached hydrogen (secondary N) is 1. The lowest BCUT2D eigenvalue weighted by Crippen LogP contribution is -2.34. The molecule has 1 nitrogen and oxygen atoms in total. The van der Waals surface area contributed by atoms with E-state index in [-0.39, 0.29) is 17.4 Å². The van der Waals surface area contributed by atoms with Gasteiger partial charge in [-0.3, -0.25) is 0 Å². The van der Waals surface area contributed by atoms with Crippen LogP contribution in [-0.2, 0) is 0 Å². The minimum Gasteiger partial charge on any atom is -0.316 e. The van der Waals surface area contributed by atoms with E-state index < -0.39 is 11.6 Å². The SMILES string of the molecule is Fc1cccc(F)c1C1CCNCC1c1cccc(Cl)c1. The van der Waals surface area contributed by atoms with Crippen LogP contribution in [0.15, 0.2) is 42.5 Å². The van der Waals surface area contributed by atoms with Gasteiger partial charge in [0.25, 0.3) is 0 Å². The Hall–Kier alpha value is -1.45. The zero-order valence-electron chi connectivity index (χ0n) is 11.5. The Labute approximate surface area is 127 Å². The van der Waals surface area contributed by atoms with E-state index in [1.165, 1.54) is 18.2 Å². The monoisotopic (exact) mass is 307 g/mol. The van der Waals surface area contributed by atoms with E-state index in [9.17, 15) is 8.78 Å². The van der Waals surface area contributed by atoms with Gasteiger partial charge in [-0.1, -0.05) is 29.8 Å². The van der Waals surface area contributed by atoms with Crippen molar-refractivity contribution in [3.05, 3.63) is 70.2 Å². The fourth-order valence-electron chi connectivity index (χ4n) is 3.16. The lowest BCUT2D eigenvalue weighted by molar-refractivity contribution is 0.380. The van der Waals surface area contributed by atoms with Gasteiger partial charge in [0.1, 0.15) is 11.6 Å². The van der Waals surface area contributed by atoms with Crippen molar-refractivity contribution in [2.75, 3.05) is 13.1 Å². The van der Waals surface area contributed by atoms with Crippen molar-refractivity contribution in [1.82, 2.24) is 5.32 Å². The summed E-state index contributed by atoms with van der Waals surface area (Å²) in [6, 6.07) is 11.6. The van der Waals surface area contributed by atoms with Gasteiger partial charge in [-0.25, -0.2) is 8.78 Å². The summed E-state index contributed by atoms with van der Waals surface area (Å²) in [5.41, 5.74) is 1.21. The van der Waals surface area contributed by atoms with Gasteiger partial charge < -0.3 is 5.32 Å². The minimum absolute atomic E-state index is 0.0175. The number of hydrogen-bond acceptors (Lipinski definition) is 1. The first-order valence-electron chi connectivity index (χ1n) is 7.07. The predicted octanol–water partition coefficient (Wildman–Crippen LogP) is 4.48. The summed E-state index contributed by atoms with van der Waals surface area (Å²) in [6.45, 7) is 1.45. The molecule has 4 heteroatoms. The lowest BCUT2D eigenvalue weighted by Gasteiger charge is -2.33. The quantitative estimate of drug-likeness (QED) is 0.862. The Morgan fingerprint density at radius 2 is 1.71 bits per heavy atom. The molecule has 1 aliphatic rings. The van der Waals surface area contributed by atoms with Crippen molar-refractivity contribution in [1.29, 1.82) is 0 Å². The summed E-state index contributed by atoms with van der Waals surface area (Å²) < 4.78 is 28.2. The zero-order valence-corrected chi connectivity index (χ0v) is 12.2. The molecule has 2 atom stereocenters. The van der Waals surface area contributed by atoms with Crippen LogP contribution in [0.3, 0.4) is 0 Å². The van der Waals surface area contributed by atoms with E-state index in [1.54, 1.807) is 6.07 Å². The van der Waals surface area contributed by atoms with Gasteiger partial charge in [0, 0.05) is 23.0 Å². The van der Waals surface area contributed by atoms with Crippen molar-refractivity contribution in [2.24, 2.45) is 0 Å². The van der Waals surface area contributed by atoms with Crippen LogP contribution < -0.4 is 5.32 Å². The highest BCUT2D eigenvalue weighted by atomic mass is 35.5. The van der Waals surface area contributed by atoms with E-state index >= 15 is 0 Å². The van der Waals surface area contributed by atoms with Crippen LogP contribution in [0.4, 0.5) is 8.78 Å². The number of halogens is 3. The smallest absolute Gasteiger partial charge is 0.129 e. The molecule has 3 rings (SSSR count). The topological polar surface area (TPSA) is 12.0 Å². The van der Waals surface area contributed by atoms with Crippen LogP contribution in [-0.4, -0.2) is 13.1 Å². The summed E-state index contributed by atoms with van der Waals surface area (Å²) >= 11 is 6.05. The van der Waals surface area contributed by atoms with Crippen LogP contribution >= 0.6 is 11.6 Å². The average Bonchev–Trinajstić information content (AvgIpc) is 2.47. The van der Waals surface area contributed by atoms with Gasteiger partial charge in [-0.05, 0) is 48.7 Å². The van der Waals surface area contributed by atoms with Crippen LogP contribution in [0.25, 0.3) is 0 Å². The van der Waals surface area contributed by atoms with E-state index in [2.05, 4.69) is 5.32 Å². The Bertz CT molecular complexity index is 624. The summed E-state index contributed by atoms with van der Waals surface area (Å²) in [6.07, 6.45) is 0.703. The van der Waals surface area contributed by atoms with Crippen molar-refractivity contribution in [2.45, 2.75) is 18.3 Å². The maximum Gasteiger partial charge on any atom is 0.129 e. The van der Waals surface area contributed by atoms with Crippen molar-refractivity contribution < 1.29 is 8.78 Å². The van der Waals surface area contributed by atoms with Crippen LogP contribution in [0.1, 0.15) is 29.4 Å². The van der Waals surface area contributed by atoms with E-state index in [1.807, 2.05) is 18.2 Å². The molecule has 0 bridgehead atoms. The van der Waals surface area contributed by atoms with Gasteiger partial charge in [-0.2, -0.15) is 0 Å². The highest BCUT2D eigenvalue weighted by Crippen LogP contribution is 2.39. The highest BCUT2D eigenvalue weighted by molar-refractivity contribution is 6.30. The molecule has 0 amide bonds. The van der Waals surface area contributed by atoms with E-state index in [0.717, 1.165) is 12.1 Å². The van der Waals surface area contributed by atoms with Gasteiger partial charge in [0.05, 0.1) is 0 Å². The molecule has 0 saturated carbocycles. The molecule has 0 aromatic heterocycles. The molecule has 1 aliphatic heterocycles. The fourth-order valence-corrected chi connectivity index (χ4v) is 3.36. The lowest BCUT2D eigenvalue weighted by atomic mass is 9.77.